The Morgan fingerprint density at radius 3 is 2.44 bits per heavy atom. The fourth-order valence-corrected chi connectivity index (χ4v) is 1.37. The summed E-state index contributed by atoms with van der Waals surface area (Å²) in [5, 5.41) is 5.59. The highest BCUT2D eigenvalue weighted by molar-refractivity contribution is 7.80. The highest BCUT2D eigenvalue weighted by Crippen LogP contribution is 2.00. The third-order valence-electron chi connectivity index (χ3n) is 1.94. The van der Waals surface area contributed by atoms with Crippen LogP contribution < -0.4 is 10.6 Å². The number of nitrogens with one attached hydrogen (secondary N) is 2. The van der Waals surface area contributed by atoms with E-state index < -0.39 is 6.09 Å². The van der Waals surface area contributed by atoms with Crippen molar-refractivity contribution < 1.29 is 9.53 Å². The summed E-state index contributed by atoms with van der Waals surface area (Å²) < 4.78 is 4.92. The molecular weight excluding hydrogens is 248 g/mol. The number of alkyl carbamates (subject to hydrolysis) is 1. The average molecular weight is 266 g/mol. The predicted molar refractivity (Wildman–Crippen MR) is 75.2 cm³/mol. The van der Waals surface area contributed by atoms with Gasteiger partial charge in [-0.2, -0.15) is 0 Å². The van der Waals surface area contributed by atoms with Gasteiger partial charge in [-0.15, -0.1) is 0 Å². The second-order valence-electron chi connectivity index (χ2n) is 4.89. The Morgan fingerprint density at radius 1 is 1.28 bits per heavy atom. The first kappa shape index (κ1) is 14.4. The van der Waals surface area contributed by atoms with Gasteiger partial charge < -0.3 is 15.4 Å². The molecule has 0 radical (unpaired) electrons. The number of amides is 1. The molecule has 0 saturated heterocycles. The van der Waals surface area contributed by atoms with Gasteiger partial charge in [-0.25, -0.2) is 4.79 Å². The zero-order chi connectivity index (χ0) is 13.6. The summed E-state index contributed by atoms with van der Waals surface area (Å²) in [5.74, 6) is 0. The second kappa shape index (κ2) is 6.35. The number of hydrogen-bond acceptors (Lipinski definition) is 3. The SMILES string of the molecule is CC(C)(C)NC(=O)OC(=S)NCc1ccccc1. The Labute approximate surface area is 113 Å². The zero-order valence-electron chi connectivity index (χ0n) is 10.8. The number of rotatable bonds is 2. The number of thiocarbonyl (C=S) groups is 1. The van der Waals surface area contributed by atoms with Gasteiger partial charge in [-0.05, 0) is 38.6 Å². The Hall–Kier alpha value is -1.62. The normalized spacial score (nSPS) is 10.6. The van der Waals surface area contributed by atoms with E-state index in [0.717, 1.165) is 5.56 Å². The molecule has 0 heterocycles. The number of ether oxygens (including phenoxy) is 1. The molecule has 0 aliphatic rings. The van der Waals surface area contributed by atoms with E-state index in [1.165, 1.54) is 0 Å². The monoisotopic (exact) mass is 266 g/mol. The zero-order valence-corrected chi connectivity index (χ0v) is 11.6. The summed E-state index contributed by atoms with van der Waals surface area (Å²) >= 11 is 4.92. The molecule has 0 spiro atoms. The van der Waals surface area contributed by atoms with Crippen molar-refractivity contribution >= 4 is 23.5 Å². The number of carbonyl (C=O) groups excluding carboxylic acids is 1. The molecule has 0 fully saturated rings. The van der Waals surface area contributed by atoms with Crippen LogP contribution in [-0.2, 0) is 11.3 Å². The predicted octanol–water partition coefficient (Wildman–Crippen LogP) is 2.59. The Balaban J connectivity index is 2.32. The van der Waals surface area contributed by atoms with Crippen LogP contribution in [0, 0.1) is 0 Å². The molecule has 1 amide bonds. The fourth-order valence-electron chi connectivity index (χ4n) is 1.22. The van der Waals surface area contributed by atoms with Gasteiger partial charge in [0.1, 0.15) is 0 Å². The molecule has 4 nitrogen and oxygen atoms in total. The van der Waals surface area contributed by atoms with Crippen LogP contribution in [0.5, 0.6) is 0 Å². The van der Waals surface area contributed by atoms with E-state index in [-0.39, 0.29) is 10.7 Å². The quantitative estimate of drug-likeness (QED) is 0.808. The summed E-state index contributed by atoms with van der Waals surface area (Å²) in [5.41, 5.74) is 0.728. The molecule has 5 heteroatoms. The van der Waals surface area contributed by atoms with Crippen molar-refractivity contribution in [1.29, 1.82) is 0 Å². The molecule has 0 atom stereocenters. The highest BCUT2D eigenvalue weighted by atomic mass is 32.1. The Morgan fingerprint density at radius 2 is 1.89 bits per heavy atom. The van der Waals surface area contributed by atoms with Crippen molar-refractivity contribution in [2.45, 2.75) is 32.9 Å². The van der Waals surface area contributed by atoms with Crippen molar-refractivity contribution in [2.75, 3.05) is 0 Å². The molecule has 0 unspecified atom stereocenters. The molecule has 1 aromatic carbocycles. The van der Waals surface area contributed by atoms with Crippen LogP contribution in [0.25, 0.3) is 0 Å². The van der Waals surface area contributed by atoms with Crippen molar-refractivity contribution in [3.05, 3.63) is 35.9 Å². The third-order valence-corrected chi connectivity index (χ3v) is 2.17. The molecule has 18 heavy (non-hydrogen) atoms. The van der Waals surface area contributed by atoms with Crippen molar-refractivity contribution in [3.63, 3.8) is 0 Å². The molecular formula is C13H18N2O2S. The van der Waals surface area contributed by atoms with E-state index in [2.05, 4.69) is 10.6 Å². The number of benzene rings is 1. The lowest BCUT2D eigenvalue weighted by Crippen LogP contribution is -2.43. The Kier molecular flexibility index (Phi) is 5.09. The number of hydrogen-bond donors (Lipinski definition) is 2. The maximum atomic E-state index is 11.4. The van der Waals surface area contributed by atoms with Crippen LogP contribution in [0.3, 0.4) is 0 Å². The van der Waals surface area contributed by atoms with Crippen molar-refractivity contribution in [3.8, 4) is 0 Å². The van der Waals surface area contributed by atoms with Gasteiger partial charge in [0.15, 0.2) is 0 Å². The average Bonchev–Trinajstić information content (AvgIpc) is 2.25. The molecule has 1 aromatic rings. The second-order valence-corrected chi connectivity index (χ2v) is 5.26. The van der Waals surface area contributed by atoms with E-state index >= 15 is 0 Å². The lowest BCUT2D eigenvalue weighted by atomic mass is 10.1. The van der Waals surface area contributed by atoms with Gasteiger partial charge in [-0.3, -0.25) is 0 Å². The maximum Gasteiger partial charge on any atom is 0.414 e. The molecule has 98 valence electrons. The molecule has 0 aromatic heterocycles. The van der Waals surface area contributed by atoms with Crippen LogP contribution in [-0.4, -0.2) is 16.8 Å². The van der Waals surface area contributed by atoms with E-state index in [1.807, 2.05) is 51.1 Å². The first-order valence-electron chi connectivity index (χ1n) is 5.68. The van der Waals surface area contributed by atoms with Crippen molar-refractivity contribution in [1.82, 2.24) is 10.6 Å². The minimum absolute atomic E-state index is 0.0700. The minimum Gasteiger partial charge on any atom is -0.383 e. The molecule has 2 N–H and O–H groups in total. The summed E-state index contributed by atoms with van der Waals surface area (Å²) in [6.07, 6.45) is -0.548. The van der Waals surface area contributed by atoms with Gasteiger partial charge in [0.05, 0.1) is 0 Å². The highest BCUT2D eigenvalue weighted by Gasteiger charge is 2.15. The summed E-state index contributed by atoms with van der Waals surface area (Å²) in [6, 6.07) is 9.74. The van der Waals surface area contributed by atoms with Gasteiger partial charge in [0.25, 0.3) is 5.17 Å². The van der Waals surface area contributed by atoms with Crippen LogP contribution >= 0.6 is 12.2 Å². The van der Waals surface area contributed by atoms with E-state index in [4.69, 9.17) is 17.0 Å². The van der Waals surface area contributed by atoms with Gasteiger partial charge >= 0.3 is 6.09 Å². The van der Waals surface area contributed by atoms with E-state index in [0.29, 0.717) is 6.54 Å². The van der Waals surface area contributed by atoms with Crippen molar-refractivity contribution in [2.24, 2.45) is 0 Å². The maximum absolute atomic E-state index is 11.4. The van der Waals surface area contributed by atoms with Gasteiger partial charge in [-0.1, -0.05) is 30.3 Å². The molecule has 1 rings (SSSR count). The lowest BCUT2D eigenvalue weighted by molar-refractivity contribution is 0.186. The topological polar surface area (TPSA) is 50.4 Å². The number of carbonyl (C=O) groups is 1. The van der Waals surface area contributed by atoms with Gasteiger partial charge in [0.2, 0.25) is 0 Å². The third kappa shape index (κ3) is 6.20. The molecule has 0 aliphatic heterocycles. The van der Waals surface area contributed by atoms with E-state index in [9.17, 15) is 4.79 Å². The summed E-state index contributed by atoms with van der Waals surface area (Å²) in [4.78, 5) is 11.4. The lowest BCUT2D eigenvalue weighted by Gasteiger charge is -2.20. The minimum atomic E-state index is -0.548. The largest absolute Gasteiger partial charge is 0.414 e. The molecule has 0 bridgehead atoms. The van der Waals surface area contributed by atoms with E-state index in [1.54, 1.807) is 0 Å². The van der Waals surface area contributed by atoms with Crippen LogP contribution in [0.4, 0.5) is 4.79 Å². The summed E-state index contributed by atoms with van der Waals surface area (Å²) in [7, 11) is 0. The molecule has 0 aliphatic carbocycles. The van der Waals surface area contributed by atoms with Gasteiger partial charge in [0, 0.05) is 12.1 Å². The first-order chi connectivity index (χ1) is 8.37. The first-order valence-corrected chi connectivity index (χ1v) is 6.09. The summed E-state index contributed by atoms with van der Waals surface area (Å²) in [6.45, 7) is 6.14. The van der Waals surface area contributed by atoms with Crippen LogP contribution in [0.1, 0.15) is 26.3 Å². The Bertz CT molecular complexity index is 413. The van der Waals surface area contributed by atoms with Crippen LogP contribution in [0.15, 0.2) is 30.3 Å². The smallest absolute Gasteiger partial charge is 0.383 e. The van der Waals surface area contributed by atoms with Crippen LogP contribution in [0.2, 0.25) is 0 Å². The standard InChI is InChI=1S/C13H18N2O2S/c1-13(2,3)15-11(16)17-12(18)14-9-10-7-5-4-6-8-10/h4-8H,9H2,1-3H3,(H,14,18)(H,15,16). The molecule has 0 saturated carbocycles. The fraction of sp³-hybridized carbons (Fsp3) is 0.385.